The van der Waals surface area contributed by atoms with Gasteiger partial charge in [0.05, 0.1) is 18.3 Å². The van der Waals surface area contributed by atoms with Crippen LogP contribution in [0.15, 0.2) is 0 Å². The van der Waals surface area contributed by atoms with Crippen LogP contribution in [0.3, 0.4) is 0 Å². The van der Waals surface area contributed by atoms with E-state index in [1.807, 2.05) is 0 Å². The molecule has 1 aliphatic heterocycles. The third-order valence-electron chi connectivity index (χ3n) is 4.11. The summed E-state index contributed by atoms with van der Waals surface area (Å²) in [6.45, 7) is 1.14. The van der Waals surface area contributed by atoms with Crippen LogP contribution in [0.25, 0.3) is 0 Å². The minimum atomic E-state index is -0.639. The summed E-state index contributed by atoms with van der Waals surface area (Å²) in [4.78, 5) is 0. The van der Waals surface area contributed by atoms with E-state index in [1.54, 1.807) is 0 Å². The minimum absolute atomic E-state index is 0.109. The Kier molecular flexibility index (Phi) is 4.79. The van der Waals surface area contributed by atoms with Gasteiger partial charge in [0.25, 0.3) is 0 Å². The molecule has 17 heavy (non-hydrogen) atoms. The van der Waals surface area contributed by atoms with Gasteiger partial charge in [-0.2, -0.15) is 0 Å². The summed E-state index contributed by atoms with van der Waals surface area (Å²) in [5.41, 5.74) is 0.109. The molecule has 1 aliphatic carbocycles. The monoisotopic (exact) mass is 243 g/mol. The molecular weight excluding hydrogens is 218 g/mol. The fraction of sp³-hybridized carbons (Fsp3) is 1.00. The van der Waals surface area contributed by atoms with Crippen LogP contribution in [-0.4, -0.2) is 47.7 Å². The lowest BCUT2D eigenvalue weighted by atomic mass is 9.78. The Labute approximate surface area is 103 Å². The molecule has 2 aliphatic rings. The molecule has 0 amide bonds. The zero-order valence-electron chi connectivity index (χ0n) is 10.5. The maximum Gasteiger partial charge on any atom is 0.0895 e. The largest absolute Gasteiger partial charge is 0.394 e. The van der Waals surface area contributed by atoms with Crippen molar-refractivity contribution >= 4 is 0 Å². The van der Waals surface area contributed by atoms with Gasteiger partial charge in [-0.15, -0.1) is 0 Å². The van der Waals surface area contributed by atoms with Gasteiger partial charge in [0, 0.05) is 19.2 Å². The van der Waals surface area contributed by atoms with Crippen molar-refractivity contribution in [3.63, 3.8) is 0 Å². The predicted octanol–water partition coefficient (Wildman–Crippen LogP) is 0.811. The number of rotatable bonds is 4. The molecule has 2 fully saturated rings. The summed E-state index contributed by atoms with van der Waals surface area (Å²) in [5.74, 6) is 0. The number of hydrogen-bond acceptors (Lipinski definition) is 4. The molecule has 2 atom stereocenters. The number of nitrogens with one attached hydrogen (secondary N) is 1. The van der Waals surface area contributed by atoms with Crippen molar-refractivity contribution in [3.8, 4) is 0 Å². The Morgan fingerprint density at radius 3 is 2.76 bits per heavy atom. The van der Waals surface area contributed by atoms with Crippen molar-refractivity contribution in [2.75, 3.05) is 19.8 Å². The molecule has 4 nitrogen and oxygen atoms in total. The van der Waals surface area contributed by atoms with Gasteiger partial charge in [-0.3, -0.25) is 0 Å². The molecule has 4 heteroatoms. The lowest BCUT2D eigenvalue weighted by Gasteiger charge is -2.43. The molecule has 0 bridgehead atoms. The first kappa shape index (κ1) is 13.3. The Morgan fingerprint density at radius 2 is 2.06 bits per heavy atom. The normalized spacial score (nSPS) is 30.4. The van der Waals surface area contributed by atoms with Crippen molar-refractivity contribution in [2.45, 2.75) is 62.7 Å². The van der Waals surface area contributed by atoms with Crippen molar-refractivity contribution in [2.24, 2.45) is 0 Å². The van der Waals surface area contributed by atoms with E-state index in [2.05, 4.69) is 5.32 Å². The molecule has 1 saturated carbocycles. The van der Waals surface area contributed by atoms with Crippen molar-refractivity contribution < 1.29 is 14.9 Å². The van der Waals surface area contributed by atoms with E-state index in [9.17, 15) is 5.11 Å². The molecular formula is C13H25NO3. The van der Waals surface area contributed by atoms with Gasteiger partial charge in [0.2, 0.25) is 0 Å². The third-order valence-corrected chi connectivity index (χ3v) is 4.11. The van der Waals surface area contributed by atoms with Crippen molar-refractivity contribution in [1.29, 1.82) is 0 Å². The van der Waals surface area contributed by atoms with Crippen LogP contribution in [0, 0.1) is 0 Å². The molecule has 0 aromatic rings. The molecule has 2 unspecified atom stereocenters. The number of ether oxygens (including phenoxy) is 1. The van der Waals surface area contributed by atoms with Crippen LogP contribution in [0.2, 0.25) is 0 Å². The minimum Gasteiger partial charge on any atom is -0.394 e. The van der Waals surface area contributed by atoms with Gasteiger partial charge in [0.15, 0.2) is 0 Å². The Balaban J connectivity index is 1.79. The summed E-state index contributed by atoms with van der Waals surface area (Å²) < 4.78 is 6.02. The number of aliphatic hydroxyl groups excluding tert-OH is 2. The molecule has 1 saturated heterocycles. The van der Waals surface area contributed by atoms with Crippen LogP contribution in [0.5, 0.6) is 0 Å². The topological polar surface area (TPSA) is 61.7 Å². The van der Waals surface area contributed by atoms with Gasteiger partial charge >= 0.3 is 0 Å². The highest BCUT2D eigenvalue weighted by atomic mass is 16.5. The summed E-state index contributed by atoms with van der Waals surface area (Å²) >= 11 is 0. The van der Waals surface area contributed by atoms with Gasteiger partial charge in [-0.1, -0.05) is 19.3 Å². The molecule has 1 heterocycles. The molecule has 1 spiro atoms. The fourth-order valence-electron chi connectivity index (χ4n) is 3.11. The zero-order chi connectivity index (χ0) is 12.1. The second-order valence-electron chi connectivity index (χ2n) is 5.53. The van der Waals surface area contributed by atoms with E-state index in [-0.39, 0.29) is 12.2 Å². The summed E-state index contributed by atoms with van der Waals surface area (Å²) in [6.07, 6.45) is 7.72. The molecule has 0 aromatic carbocycles. The fourth-order valence-corrected chi connectivity index (χ4v) is 3.11. The average molecular weight is 243 g/mol. The lowest BCUT2D eigenvalue weighted by molar-refractivity contribution is -0.109. The second-order valence-corrected chi connectivity index (χ2v) is 5.53. The molecule has 100 valence electrons. The Bertz CT molecular complexity index is 223. The average Bonchev–Trinajstić information content (AvgIpc) is 2.37. The Morgan fingerprint density at radius 1 is 1.29 bits per heavy atom. The van der Waals surface area contributed by atoms with E-state index in [0.29, 0.717) is 12.6 Å². The van der Waals surface area contributed by atoms with Crippen molar-refractivity contribution in [1.82, 2.24) is 5.32 Å². The highest BCUT2D eigenvalue weighted by Crippen LogP contribution is 2.38. The maximum atomic E-state index is 9.35. The van der Waals surface area contributed by atoms with Crippen molar-refractivity contribution in [3.05, 3.63) is 0 Å². The van der Waals surface area contributed by atoms with E-state index in [1.165, 1.54) is 32.1 Å². The highest BCUT2D eigenvalue weighted by molar-refractivity contribution is 4.92. The SMILES string of the molecule is OCC(O)CNC1CCOC2(CCCCC2)C1. The second kappa shape index (κ2) is 6.14. The predicted molar refractivity (Wildman–Crippen MR) is 65.9 cm³/mol. The first-order valence-electron chi connectivity index (χ1n) is 6.90. The molecule has 3 N–H and O–H groups in total. The van der Waals surface area contributed by atoms with E-state index >= 15 is 0 Å². The molecule has 0 aromatic heterocycles. The standard InChI is InChI=1S/C13H25NO3/c15-10-12(16)9-14-11-4-7-17-13(8-11)5-2-1-3-6-13/h11-12,14-16H,1-10H2. The zero-order valence-corrected chi connectivity index (χ0v) is 10.5. The van der Waals surface area contributed by atoms with Gasteiger partial charge in [0.1, 0.15) is 0 Å². The summed E-state index contributed by atoms with van der Waals surface area (Å²) in [7, 11) is 0. The van der Waals surface area contributed by atoms with Crippen LogP contribution in [0.1, 0.15) is 44.9 Å². The summed E-state index contributed by atoms with van der Waals surface area (Å²) in [6, 6.07) is 0.433. The highest BCUT2D eigenvalue weighted by Gasteiger charge is 2.38. The quantitative estimate of drug-likeness (QED) is 0.684. The number of aliphatic hydroxyl groups is 2. The third kappa shape index (κ3) is 3.65. The summed E-state index contributed by atoms with van der Waals surface area (Å²) in [5, 5.41) is 21.5. The van der Waals surface area contributed by atoms with Crippen LogP contribution in [-0.2, 0) is 4.74 Å². The van der Waals surface area contributed by atoms with E-state index in [0.717, 1.165) is 19.4 Å². The smallest absolute Gasteiger partial charge is 0.0895 e. The van der Waals surface area contributed by atoms with E-state index < -0.39 is 6.10 Å². The Hall–Kier alpha value is -0.160. The van der Waals surface area contributed by atoms with Gasteiger partial charge in [-0.25, -0.2) is 0 Å². The molecule has 2 rings (SSSR count). The van der Waals surface area contributed by atoms with Crippen LogP contribution >= 0.6 is 0 Å². The van der Waals surface area contributed by atoms with E-state index in [4.69, 9.17) is 9.84 Å². The first-order valence-corrected chi connectivity index (χ1v) is 6.90. The lowest BCUT2D eigenvalue weighted by Crippen LogP contribution is -2.49. The van der Waals surface area contributed by atoms with Crippen LogP contribution < -0.4 is 5.32 Å². The van der Waals surface area contributed by atoms with Gasteiger partial charge in [-0.05, 0) is 25.7 Å². The first-order chi connectivity index (χ1) is 8.24. The van der Waals surface area contributed by atoms with Crippen LogP contribution in [0.4, 0.5) is 0 Å². The van der Waals surface area contributed by atoms with Gasteiger partial charge < -0.3 is 20.3 Å². The molecule has 0 radical (unpaired) electrons. The maximum absolute atomic E-state index is 9.35. The number of hydrogen-bond donors (Lipinski definition) is 3.